The summed E-state index contributed by atoms with van der Waals surface area (Å²) in [5.74, 6) is 0.395. The highest BCUT2D eigenvalue weighted by atomic mass is 16.5. The Hall–Kier alpha value is -2.30. The average molecular weight is 274 g/mol. The Morgan fingerprint density at radius 1 is 1.50 bits per heavy atom. The predicted molar refractivity (Wildman–Crippen MR) is 78.0 cm³/mol. The van der Waals surface area contributed by atoms with Crippen molar-refractivity contribution in [1.29, 1.82) is 0 Å². The number of nitrogens with zero attached hydrogens (tertiary/aromatic N) is 1. The van der Waals surface area contributed by atoms with Crippen LogP contribution in [0.5, 0.6) is 5.75 Å². The zero-order chi connectivity index (χ0) is 14.7. The Balaban J connectivity index is 2.21. The molecular weight excluding hydrogens is 256 g/mol. The summed E-state index contributed by atoms with van der Waals surface area (Å²) >= 11 is 0. The van der Waals surface area contributed by atoms with Crippen LogP contribution in [0.25, 0.3) is 0 Å². The number of nitrogens with one attached hydrogen (secondary N) is 1. The highest BCUT2D eigenvalue weighted by Crippen LogP contribution is 2.33. The summed E-state index contributed by atoms with van der Waals surface area (Å²) in [6, 6.07) is 5.26. The molecule has 106 valence electrons. The second-order valence-corrected chi connectivity index (χ2v) is 4.67. The lowest BCUT2D eigenvalue weighted by atomic mass is 10.2. The van der Waals surface area contributed by atoms with Crippen LogP contribution in [0.15, 0.2) is 29.8 Å². The maximum Gasteiger partial charge on any atom is 0.264 e. The Labute approximate surface area is 118 Å². The molecule has 0 aliphatic carbocycles. The second-order valence-electron chi connectivity index (χ2n) is 4.67. The van der Waals surface area contributed by atoms with Crippen LogP contribution in [0.1, 0.15) is 20.3 Å². The molecule has 1 aromatic carbocycles. The first-order valence-electron chi connectivity index (χ1n) is 6.54. The van der Waals surface area contributed by atoms with Crippen LogP contribution >= 0.6 is 0 Å². The van der Waals surface area contributed by atoms with Gasteiger partial charge in [0.25, 0.3) is 11.8 Å². The SMILES string of the molecule is CC/C=C(\C)C(=O)Nc1ccc2c(c1)N(C)C(=O)CO2. The van der Waals surface area contributed by atoms with E-state index in [1.54, 1.807) is 32.2 Å². The summed E-state index contributed by atoms with van der Waals surface area (Å²) in [4.78, 5) is 25.0. The van der Waals surface area contributed by atoms with E-state index >= 15 is 0 Å². The van der Waals surface area contributed by atoms with Crippen LogP contribution < -0.4 is 15.0 Å². The lowest BCUT2D eigenvalue weighted by Gasteiger charge is -2.26. The zero-order valence-electron chi connectivity index (χ0n) is 11.9. The first-order valence-corrected chi connectivity index (χ1v) is 6.54. The number of likely N-dealkylation sites (N-methyl/N-ethyl adjacent to an activating group) is 1. The predicted octanol–water partition coefficient (Wildman–Crippen LogP) is 2.34. The molecule has 2 rings (SSSR count). The van der Waals surface area contributed by atoms with E-state index in [-0.39, 0.29) is 18.4 Å². The number of hydrogen-bond donors (Lipinski definition) is 1. The fourth-order valence-corrected chi connectivity index (χ4v) is 1.98. The Morgan fingerprint density at radius 2 is 2.25 bits per heavy atom. The molecule has 20 heavy (non-hydrogen) atoms. The lowest BCUT2D eigenvalue weighted by molar-refractivity contribution is -0.121. The molecule has 0 aromatic heterocycles. The summed E-state index contributed by atoms with van der Waals surface area (Å²) in [5, 5.41) is 2.81. The second kappa shape index (κ2) is 5.77. The van der Waals surface area contributed by atoms with Gasteiger partial charge < -0.3 is 15.0 Å². The average Bonchev–Trinajstić information content (AvgIpc) is 2.43. The van der Waals surface area contributed by atoms with Gasteiger partial charge in [-0.15, -0.1) is 0 Å². The molecule has 1 heterocycles. The third kappa shape index (κ3) is 2.82. The molecule has 0 atom stereocenters. The van der Waals surface area contributed by atoms with Gasteiger partial charge in [-0.05, 0) is 31.5 Å². The Bertz CT molecular complexity index is 578. The fourth-order valence-electron chi connectivity index (χ4n) is 1.98. The molecule has 2 amide bonds. The standard InChI is InChI=1S/C15H18N2O3/c1-4-5-10(2)15(19)16-11-6-7-13-12(8-11)17(3)14(18)9-20-13/h5-8H,4,9H2,1-3H3,(H,16,19)/b10-5+. The number of ether oxygens (including phenoxy) is 1. The maximum absolute atomic E-state index is 11.9. The van der Waals surface area contributed by atoms with E-state index in [2.05, 4.69) is 5.32 Å². The summed E-state index contributed by atoms with van der Waals surface area (Å²) in [6.45, 7) is 3.80. The van der Waals surface area contributed by atoms with E-state index in [1.165, 1.54) is 4.90 Å². The van der Waals surface area contributed by atoms with E-state index < -0.39 is 0 Å². The van der Waals surface area contributed by atoms with Crippen molar-refractivity contribution in [1.82, 2.24) is 0 Å². The van der Waals surface area contributed by atoms with Gasteiger partial charge in [-0.25, -0.2) is 0 Å². The molecule has 0 fully saturated rings. The lowest BCUT2D eigenvalue weighted by Crippen LogP contribution is -2.35. The van der Waals surface area contributed by atoms with Crippen LogP contribution in [0.4, 0.5) is 11.4 Å². The van der Waals surface area contributed by atoms with Gasteiger partial charge in [0.05, 0.1) is 5.69 Å². The molecule has 0 spiro atoms. The number of benzene rings is 1. The van der Waals surface area contributed by atoms with Crippen LogP contribution in [0.2, 0.25) is 0 Å². The first-order chi connectivity index (χ1) is 9.52. The van der Waals surface area contributed by atoms with Crippen LogP contribution in [-0.4, -0.2) is 25.5 Å². The van der Waals surface area contributed by atoms with Gasteiger partial charge in [-0.3, -0.25) is 9.59 Å². The molecule has 0 radical (unpaired) electrons. The van der Waals surface area contributed by atoms with Gasteiger partial charge >= 0.3 is 0 Å². The van der Waals surface area contributed by atoms with Crippen LogP contribution in [0, 0.1) is 0 Å². The molecule has 0 saturated heterocycles. The molecule has 1 aliphatic rings. The van der Waals surface area contributed by atoms with E-state index in [9.17, 15) is 9.59 Å². The van der Waals surface area contributed by atoms with Crippen molar-refractivity contribution in [3.8, 4) is 5.75 Å². The van der Waals surface area contributed by atoms with Gasteiger partial charge in [0, 0.05) is 18.3 Å². The Kier molecular flexibility index (Phi) is 4.08. The van der Waals surface area contributed by atoms with E-state index in [0.29, 0.717) is 22.7 Å². The molecule has 1 aromatic rings. The number of rotatable bonds is 3. The van der Waals surface area contributed by atoms with Crippen LogP contribution in [0.3, 0.4) is 0 Å². The topological polar surface area (TPSA) is 58.6 Å². The third-order valence-corrected chi connectivity index (χ3v) is 3.17. The minimum Gasteiger partial charge on any atom is -0.482 e. The van der Waals surface area contributed by atoms with Gasteiger partial charge in [-0.1, -0.05) is 13.0 Å². The van der Waals surface area contributed by atoms with Gasteiger partial charge in [0.2, 0.25) is 0 Å². The largest absolute Gasteiger partial charge is 0.482 e. The normalized spacial score (nSPS) is 14.7. The van der Waals surface area contributed by atoms with Gasteiger partial charge in [-0.2, -0.15) is 0 Å². The number of fused-ring (bicyclic) bond motifs is 1. The van der Waals surface area contributed by atoms with Gasteiger partial charge in [0.15, 0.2) is 6.61 Å². The number of carbonyl (C=O) groups excluding carboxylic acids is 2. The van der Waals surface area contributed by atoms with Crippen molar-refractivity contribution in [3.05, 3.63) is 29.8 Å². The number of allylic oxidation sites excluding steroid dienone is 1. The summed E-state index contributed by atoms with van der Waals surface area (Å²) in [6.07, 6.45) is 2.68. The smallest absolute Gasteiger partial charge is 0.264 e. The van der Waals surface area contributed by atoms with Crippen molar-refractivity contribution in [3.63, 3.8) is 0 Å². The number of anilines is 2. The maximum atomic E-state index is 11.9. The number of carbonyl (C=O) groups is 2. The fraction of sp³-hybridized carbons (Fsp3) is 0.333. The van der Waals surface area contributed by atoms with Crippen molar-refractivity contribution in [2.45, 2.75) is 20.3 Å². The van der Waals surface area contributed by atoms with Crippen molar-refractivity contribution in [2.75, 3.05) is 23.9 Å². The molecule has 5 nitrogen and oxygen atoms in total. The number of hydrogen-bond acceptors (Lipinski definition) is 3. The molecule has 0 unspecified atom stereocenters. The minimum absolute atomic E-state index is 0.0492. The first kappa shape index (κ1) is 14.1. The van der Waals surface area contributed by atoms with Crippen molar-refractivity contribution in [2.24, 2.45) is 0 Å². The van der Waals surface area contributed by atoms with E-state index in [0.717, 1.165) is 6.42 Å². The third-order valence-electron chi connectivity index (χ3n) is 3.17. The van der Waals surface area contributed by atoms with Crippen molar-refractivity contribution >= 4 is 23.2 Å². The molecule has 1 aliphatic heterocycles. The zero-order valence-corrected chi connectivity index (χ0v) is 11.9. The Morgan fingerprint density at radius 3 is 2.95 bits per heavy atom. The molecule has 0 bridgehead atoms. The molecule has 1 N–H and O–H groups in total. The van der Waals surface area contributed by atoms with E-state index in [1.807, 2.05) is 13.0 Å². The highest BCUT2D eigenvalue weighted by Gasteiger charge is 2.22. The minimum atomic E-state index is -0.141. The summed E-state index contributed by atoms with van der Waals surface area (Å²) in [7, 11) is 1.69. The molecule has 0 saturated carbocycles. The molecular formula is C15H18N2O3. The quantitative estimate of drug-likeness (QED) is 0.861. The number of amides is 2. The molecule has 5 heteroatoms. The summed E-state index contributed by atoms with van der Waals surface area (Å²) in [5.41, 5.74) is 1.98. The van der Waals surface area contributed by atoms with Crippen molar-refractivity contribution < 1.29 is 14.3 Å². The van der Waals surface area contributed by atoms with Gasteiger partial charge in [0.1, 0.15) is 5.75 Å². The monoisotopic (exact) mass is 274 g/mol. The van der Waals surface area contributed by atoms with Crippen LogP contribution in [-0.2, 0) is 9.59 Å². The van der Waals surface area contributed by atoms with E-state index in [4.69, 9.17) is 4.74 Å². The summed E-state index contributed by atoms with van der Waals surface area (Å²) < 4.78 is 5.34. The highest BCUT2D eigenvalue weighted by molar-refractivity contribution is 6.04.